The van der Waals surface area contributed by atoms with Crippen molar-refractivity contribution in [2.75, 3.05) is 19.5 Å². The molecule has 5 heteroatoms. The topological polar surface area (TPSA) is 30.5 Å². The fraction of sp³-hybridized carbons (Fsp3) is 0.200. The number of methoxy groups -OCH3 is 2. The molecule has 0 aromatic heterocycles. The largest absolute Gasteiger partial charge is 0.493 e. The summed E-state index contributed by atoms with van der Waals surface area (Å²) in [5.74, 6) is 1.20. The zero-order valence-corrected chi connectivity index (χ0v) is 14.2. The van der Waals surface area contributed by atoms with Gasteiger partial charge in [-0.2, -0.15) is 0 Å². The minimum atomic E-state index is 0.566. The maximum Gasteiger partial charge on any atom is 0.179 e. The van der Waals surface area contributed by atoms with Crippen molar-refractivity contribution in [1.29, 1.82) is 0 Å². The molecule has 3 nitrogen and oxygen atoms in total. The SMILES string of the molecule is COc1ccc(CNc2ccccc2I)c(Cl)c1OC. The lowest BCUT2D eigenvalue weighted by atomic mass is 10.2. The van der Waals surface area contributed by atoms with Crippen molar-refractivity contribution in [2.45, 2.75) is 6.54 Å². The normalized spacial score (nSPS) is 10.2. The van der Waals surface area contributed by atoms with Crippen LogP contribution in [0.3, 0.4) is 0 Å². The molecule has 106 valence electrons. The highest BCUT2D eigenvalue weighted by Crippen LogP contribution is 2.37. The van der Waals surface area contributed by atoms with Crippen molar-refractivity contribution in [1.82, 2.24) is 0 Å². The van der Waals surface area contributed by atoms with Crippen molar-refractivity contribution in [3.8, 4) is 11.5 Å². The van der Waals surface area contributed by atoms with Gasteiger partial charge in [-0.25, -0.2) is 0 Å². The maximum atomic E-state index is 6.35. The van der Waals surface area contributed by atoms with Crippen LogP contribution in [0, 0.1) is 3.57 Å². The highest BCUT2D eigenvalue weighted by molar-refractivity contribution is 14.1. The predicted molar refractivity (Wildman–Crippen MR) is 91.0 cm³/mol. The molecule has 2 rings (SSSR count). The lowest BCUT2D eigenvalue weighted by Gasteiger charge is -2.14. The van der Waals surface area contributed by atoms with E-state index in [4.69, 9.17) is 21.1 Å². The van der Waals surface area contributed by atoms with Crippen LogP contribution in [0.4, 0.5) is 5.69 Å². The van der Waals surface area contributed by atoms with E-state index in [2.05, 4.69) is 34.0 Å². The second-order valence-corrected chi connectivity index (χ2v) is 5.65. The molecule has 0 spiro atoms. The van der Waals surface area contributed by atoms with Crippen molar-refractivity contribution >= 4 is 39.9 Å². The lowest BCUT2D eigenvalue weighted by Crippen LogP contribution is -2.03. The van der Waals surface area contributed by atoms with Gasteiger partial charge in [0.2, 0.25) is 0 Å². The van der Waals surface area contributed by atoms with E-state index >= 15 is 0 Å². The number of hydrogen-bond donors (Lipinski definition) is 1. The van der Waals surface area contributed by atoms with Crippen molar-refractivity contribution < 1.29 is 9.47 Å². The van der Waals surface area contributed by atoms with Gasteiger partial charge in [0.25, 0.3) is 0 Å². The summed E-state index contributed by atoms with van der Waals surface area (Å²) in [7, 11) is 3.18. The highest BCUT2D eigenvalue weighted by Gasteiger charge is 2.13. The number of anilines is 1. The number of para-hydroxylation sites is 1. The van der Waals surface area contributed by atoms with Crippen molar-refractivity contribution in [3.63, 3.8) is 0 Å². The average Bonchev–Trinajstić information content (AvgIpc) is 2.47. The molecule has 0 unspecified atom stereocenters. The quantitative estimate of drug-likeness (QED) is 0.742. The monoisotopic (exact) mass is 403 g/mol. The lowest BCUT2D eigenvalue weighted by molar-refractivity contribution is 0.355. The molecular formula is C15H15ClINO2. The summed E-state index contributed by atoms with van der Waals surface area (Å²) in [6, 6.07) is 11.9. The molecule has 0 heterocycles. The van der Waals surface area contributed by atoms with Gasteiger partial charge in [0.15, 0.2) is 11.5 Å². The maximum absolute atomic E-state index is 6.35. The van der Waals surface area contributed by atoms with E-state index in [0.29, 0.717) is 23.1 Å². The van der Waals surface area contributed by atoms with Crippen LogP contribution in [0.2, 0.25) is 5.02 Å². The van der Waals surface area contributed by atoms with Gasteiger partial charge in [0.05, 0.1) is 19.2 Å². The van der Waals surface area contributed by atoms with Gasteiger partial charge in [-0.15, -0.1) is 0 Å². The van der Waals surface area contributed by atoms with Crippen molar-refractivity contribution in [2.24, 2.45) is 0 Å². The van der Waals surface area contributed by atoms with Gasteiger partial charge >= 0.3 is 0 Å². The molecule has 0 atom stereocenters. The van der Waals surface area contributed by atoms with E-state index in [1.165, 1.54) is 3.57 Å². The summed E-state index contributed by atoms with van der Waals surface area (Å²) < 4.78 is 11.7. The first kappa shape index (κ1) is 15.3. The molecule has 1 N–H and O–H groups in total. The van der Waals surface area contributed by atoms with Gasteiger partial charge in [0, 0.05) is 15.8 Å². The van der Waals surface area contributed by atoms with Crippen LogP contribution in [-0.4, -0.2) is 14.2 Å². The Morgan fingerprint density at radius 1 is 1.10 bits per heavy atom. The summed E-state index contributed by atoms with van der Waals surface area (Å²) in [5, 5.41) is 3.94. The first-order valence-electron chi connectivity index (χ1n) is 6.05. The second-order valence-electron chi connectivity index (χ2n) is 4.11. The Morgan fingerprint density at radius 3 is 2.50 bits per heavy atom. The molecule has 0 aliphatic heterocycles. The third-order valence-electron chi connectivity index (χ3n) is 2.91. The van der Waals surface area contributed by atoms with Crippen LogP contribution in [0.1, 0.15) is 5.56 Å². The predicted octanol–water partition coefficient (Wildman–Crippen LogP) is 4.57. The molecule has 0 saturated carbocycles. The minimum Gasteiger partial charge on any atom is -0.493 e. The van der Waals surface area contributed by atoms with Crippen LogP contribution in [0.5, 0.6) is 11.5 Å². The van der Waals surface area contributed by atoms with E-state index < -0.39 is 0 Å². The zero-order chi connectivity index (χ0) is 14.5. The third kappa shape index (κ3) is 3.30. The van der Waals surface area contributed by atoms with Crippen molar-refractivity contribution in [3.05, 3.63) is 50.6 Å². The standard InChI is InChI=1S/C15H15ClINO2/c1-19-13-8-7-10(14(16)15(13)20-2)9-18-12-6-4-3-5-11(12)17/h3-8,18H,9H2,1-2H3. The molecule has 0 aliphatic carbocycles. The van der Waals surface area contributed by atoms with Gasteiger partial charge in [0.1, 0.15) is 0 Å². The van der Waals surface area contributed by atoms with Crippen LogP contribution in [-0.2, 0) is 6.54 Å². The molecule has 0 radical (unpaired) electrons. The van der Waals surface area contributed by atoms with Gasteiger partial charge in [-0.1, -0.05) is 29.8 Å². The van der Waals surface area contributed by atoms with Gasteiger partial charge in [-0.05, 0) is 46.4 Å². The highest BCUT2D eigenvalue weighted by atomic mass is 127. The summed E-state index contributed by atoms with van der Waals surface area (Å²) in [6.45, 7) is 0.624. The van der Waals surface area contributed by atoms with E-state index in [-0.39, 0.29) is 0 Å². The Morgan fingerprint density at radius 2 is 1.85 bits per heavy atom. The van der Waals surface area contributed by atoms with Crippen LogP contribution >= 0.6 is 34.2 Å². The summed E-state index contributed by atoms with van der Waals surface area (Å²) in [6.07, 6.45) is 0. The van der Waals surface area contributed by atoms with Gasteiger partial charge < -0.3 is 14.8 Å². The average molecular weight is 404 g/mol. The summed E-state index contributed by atoms with van der Waals surface area (Å²) >= 11 is 8.65. The molecule has 2 aromatic carbocycles. The zero-order valence-electron chi connectivity index (χ0n) is 11.2. The third-order valence-corrected chi connectivity index (χ3v) is 4.26. The molecule has 0 fully saturated rings. The van der Waals surface area contributed by atoms with Gasteiger partial charge in [-0.3, -0.25) is 0 Å². The summed E-state index contributed by atoms with van der Waals surface area (Å²) in [4.78, 5) is 0. The number of hydrogen-bond acceptors (Lipinski definition) is 3. The number of ether oxygens (including phenoxy) is 2. The molecule has 20 heavy (non-hydrogen) atoms. The van der Waals surface area contributed by atoms with E-state index in [1.54, 1.807) is 14.2 Å². The molecule has 0 saturated heterocycles. The Labute approximate surface area is 137 Å². The molecule has 2 aromatic rings. The Kier molecular flexibility index (Phi) is 5.37. The number of rotatable bonds is 5. The smallest absolute Gasteiger partial charge is 0.179 e. The molecule has 0 bridgehead atoms. The minimum absolute atomic E-state index is 0.566. The van der Waals surface area contributed by atoms with E-state index in [9.17, 15) is 0 Å². The van der Waals surface area contributed by atoms with E-state index in [0.717, 1.165) is 11.3 Å². The van der Waals surface area contributed by atoms with Crippen LogP contribution < -0.4 is 14.8 Å². The Bertz CT molecular complexity index is 604. The van der Waals surface area contributed by atoms with Crippen LogP contribution in [0.15, 0.2) is 36.4 Å². The summed E-state index contributed by atoms with van der Waals surface area (Å²) in [5.41, 5.74) is 2.04. The molecule has 0 amide bonds. The molecule has 0 aliphatic rings. The van der Waals surface area contributed by atoms with E-state index in [1.807, 2.05) is 30.3 Å². The fourth-order valence-electron chi connectivity index (χ4n) is 1.86. The number of halogens is 2. The Hall–Kier alpha value is -1.14. The number of benzene rings is 2. The number of nitrogens with one attached hydrogen (secondary N) is 1. The fourth-order valence-corrected chi connectivity index (χ4v) is 2.74. The van der Waals surface area contributed by atoms with Crippen LogP contribution in [0.25, 0.3) is 0 Å². The second kappa shape index (κ2) is 7.04. The Balaban J connectivity index is 2.20. The first-order chi connectivity index (χ1) is 9.67. The first-order valence-corrected chi connectivity index (χ1v) is 7.50. The molecular weight excluding hydrogens is 389 g/mol.